The Kier molecular flexibility index (Phi) is 4.97. The number of hydrogen-bond acceptors (Lipinski definition) is 4. The van der Waals surface area contributed by atoms with Crippen LogP contribution in [0.5, 0.6) is 0 Å². The zero-order valence-corrected chi connectivity index (χ0v) is 14.9. The van der Waals surface area contributed by atoms with Crippen LogP contribution in [0.4, 0.5) is 0 Å². The summed E-state index contributed by atoms with van der Waals surface area (Å²) >= 11 is 0. The fraction of sp³-hybridized carbons (Fsp3) is 0.474. The first-order valence-corrected chi connectivity index (χ1v) is 8.81. The highest BCUT2D eigenvalue weighted by Gasteiger charge is 2.32. The molecule has 6 nitrogen and oxygen atoms in total. The lowest BCUT2D eigenvalue weighted by molar-refractivity contribution is 0.0380. The van der Waals surface area contributed by atoms with E-state index in [2.05, 4.69) is 0 Å². The van der Waals surface area contributed by atoms with Crippen molar-refractivity contribution >= 4 is 11.8 Å². The molecule has 3 rings (SSSR count). The summed E-state index contributed by atoms with van der Waals surface area (Å²) in [5.74, 6) is 2.09. The van der Waals surface area contributed by atoms with E-state index in [1.807, 2.05) is 32.9 Å². The maximum Gasteiger partial charge on any atom is 0.289 e. The molecule has 0 unspecified atom stereocenters. The molecule has 1 fully saturated rings. The molecule has 1 saturated heterocycles. The van der Waals surface area contributed by atoms with Crippen LogP contribution in [0, 0.1) is 0 Å². The molecule has 6 heteroatoms. The third-order valence-corrected chi connectivity index (χ3v) is 4.62. The summed E-state index contributed by atoms with van der Waals surface area (Å²) < 4.78 is 11.1. The Hall–Kier alpha value is -2.50. The predicted molar refractivity (Wildman–Crippen MR) is 92.6 cm³/mol. The van der Waals surface area contributed by atoms with E-state index in [0.717, 1.165) is 24.4 Å². The average molecular weight is 344 g/mol. The predicted octanol–water partition coefficient (Wildman–Crippen LogP) is 2.98. The second kappa shape index (κ2) is 7.17. The summed E-state index contributed by atoms with van der Waals surface area (Å²) in [5, 5.41) is 0. The van der Waals surface area contributed by atoms with Gasteiger partial charge in [-0.25, -0.2) is 0 Å². The molecule has 1 aliphatic rings. The molecule has 0 radical (unpaired) electrons. The molecule has 0 bridgehead atoms. The van der Waals surface area contributed by atoms with Gasteiger partial charge in [0.1, 0.15) is 11.5 Å². The van der Waals surface area contributed by atoms with Gasteiger partial charge >= 0.3 is 0 Å². The third-order valence-electron chi connectivity index (χ3n) is 4.62. The smallest absolute Gasteiger partial charge is 0.289 e. The first kappa shape index (κ1) is 17.3. The van der Waals surface area contributed by atoms with Crippen LogP contribution in [-0.2, 0) is 12.8 Å². The molecule has 25 heavy (non-hydrogen) atoms. The van der Waals surface area contributed by atoms with E-state index in [1.54, 1.807) is 21.9 Å². The molecule has 134 valence electrons. The van der Waals surface area contributed by atoms with Crippen molar-refractivity contribution in [1.29, 1.82) is 0 Å². The van der Waals surface area contributed by atoms with Crippen LogP contribution in [-0.4, -0.2) is 47.3 Å². The van der Waals surface area contributed by atoms with Gasteiger partial charge in [0.15, 0.2) is 11.5 Å². The second-order valence-corrected chi connectivity index (χ2v) is 6.34. The van der Waals surface area contributed by atoms with Gasteiger partial charge in [-0.3, -0.25) is 9.59 Å². The van der Waals surface area contributed by atoms with Crippen LogP contribution in [0.1, 0.15) is 53.4 Å². The number of hydrogen-bond donors (Lipinski definition) is 0. The molecule has 2 amide bonds. The lowest BCUT2D eigenvalue weighted by atomic mass is 10.1. The van der Waals surface area contributed by atoms with E-state index < -0.39 is 0 Å². The van der Waals surface area contributed by atoms with Gasteiger partial charge in [-0.05, 0) is 31.2 Å². The Morgan fingerprint density at radius 1 is 0.960 bits per heavy atom. The molecule has 0 spiro atoms. The van der Waals surface area contributed by atoms with Crippen molar-refractivity contribution in [3.63, 3.8) is 0 Å². The average Bonchev–Trinajstić information content (AvgIpc) is 3.29. The van der Waals surface area contributed by atoms with Crippen LogP contribution in [0.15, 0.2) is 33.1 Å². The monoisotopic (exact) mass is 344 g/mol. The van der Waals surface area contributed by atoms with Gasteiger partial charge in [-0.2, -0.15) is 0 Å². The maximum atomic E-state index is 12.6. The summed E-state index contributed by atoms with van der Waals surface area (Å²) in [6, 6.07) is 7.03. The van der Waals surface area contributed by atoms with Crippen molar-refractivity contribution in [1.82, 2.24) is 9.80 Å². The number of aryl methyl sites for hydroxylation is 2. The number of furan rings is 2. The quantitative estimate of drug-likeness (QED) is 0.855. The Balaban J connectivity index is 1.65. The highest BCUT2D eigenvalue weighted by atomic mass is 16.4. The molecule has 2 aromatic heterocycles. The minimum atomic E-state index is -0.120. The van der Waals surface area contributed by atoms with E-state index in [0.29, 0.717) is 31.2 Å². The van der Waals surface area contributed by atoms with Crippen molar-refractivity contribution in [2.45, 2.75) is 39.7 Å². The van der Waals surface area contributed by atoms with Gasteiger partial charge in [0, 0.05) is 38.5 Å². The highest BCUT2D eigenvalue weighted by Crippen LogP contribution is 2.19. The summed E-state index contributed by atoms with van der Waals surface area (Å²) in [5.41, 5.74) is 0. The number of carbonyl (C=O) groups excluding carboxylic acids is 2. The van der Waals surface area contributed by atoms with E-state index in [-0.39, 0.29) is 17.9 Å². The molecule has 1 atom stereocenters. The molecular formula is C19H24N2O4. The van der Waals surface area contributed by atoms with Gasteiger partial charge in [0.2, 0.25) is 0 Å². The van der Waals surface area contributed by atoms with Crippen molar-refractivity contribution in [2.24, 2.45) is 0 Å². The normalized spacial score (nSPS) is 17.8. The molecule has 0 aliphatic carbocycles. The minimum absolute atomic E-state index is 0.0824. The second-order valence-electron chi connectivity index (χ2n) is 6.34. The molecular weight excluding hydrogens is 320 g/mol. The van der Waals surface area contributed by atoms with Crippen molar-refractivity contribution in [2.75, 3.05) is 19.6 Å². The lowest BCUT2D eigenvalue weighted by Gasteiger charge is -2.39. The Morgan fingerprint density at radius 2 is 1.52 bits per heavy atom. The summed E-state index contributed by atoms with van der Waals surface area (Å²) in [6.45, 7) is 7.36. The number of rotatable bonds is 4. The van der Waals surface area contributed by atoms with Crippen molar-refractivity contribution in [3.05, 3.63) is 47.3 Å². The van der Waals surface area contributed by atoms with Gasteiger partial charge < -0.3 is 18.6 Å². The summed E-state index contributed by atoms with van der Waals surface area (Å²) in [6.07, 6.45) is 1.52. The fourth-order valence-corrected chi connectivity index (χ4v) is 3.11. The molecule has 0 saturated carbocycles. The molecule has 0 N–H and O–H groups in total. The maximum absolute atomic E-state index is 12.6. The number of carbonyl (C=O) groups is 2. The van der Waals surface area contributed by atoms with E-state index in [1.165, 1.54) is 0 Å². The van der Waals surface area contributed by atoms with Crippen molar-refractivity contribution in [3.8, 4) is 0 Å². The Labute approximate surface area is 147 Å². The van der Waals surface area contributed by atoms with Gasteiger partial charge in [0.05, 0.1) is 0 Å². The lowest BCUT2D eigenvalue weighted by Crippen LogP contribution is -2.55. The van der Waals surface area contributed by atoms with E-state index in [9.17, 15) is 9.59 Å². The van der Waals surface area contributed by atoms with Crippen LogP contribution in [0.3, 0.4) is 0 Å². The molecule has 3 heterocycles. The first-order chi connectivity index (χ1) is 12.0. The number of nitrogens with zero attached hydrogens (tertiary/aromatic N) is 2. The largest absolute Gasteiger partial charge is 0.456 e. The van der Waals surface area contributed by atoms with Crippen LogP contribution < -0.4 is 0 Å². The summed E-state index contributed by atoms with van der Waals surface area (Å²) in [7, 11) is 0. The standard InChI is InChI=1S/C19H24N2O4/c1-4-14-6-8-16(24-14)18(22)20-10-11-21(13(3)12-20)19(23)17-9-7-15(5-2)25-17/h6-9,13H,4-5,10-12H2,1-3H3/t13-/m0/s1. The van der Waals surface area contributed by atoms with Crippen LogP contribution >= 0.6 is 0 Å². The first-order valence-electron chi connectivity index (χ1n) is 8.81. The number of piperazine rings is 1. The van der Waals surface area contributed by atoms with Crippen molar-refractivity contribution < 1.29 is 18.4 Å². The topological polar surface area (TPSA) is 66.9 Å². The third kappa shape index (κ3) is 3.48. The minimum Gasteiger partial charge on any atom is -0.456 e. The highest BCUT2D eigenvalue weighted by molar-refractivity contribution is 5.93. The van der Waals surface area contributed by atoms with E-state index >= 15 is 0 Å². The van der Waals surface area contributed by atoms with Crippen LogP contribution in [0.25, 0.3) is 0 Å². The molecule has 1 aliphatic heterocycles. The SMILES string of the molecule is CCc1ccc(C(=O)N2CCN(C(=O)c3ccc(CC)o3)[C@@H](C)C2)o1. The number of amides is 2. The van der Waals surface area contributed by atoms with E-state index in [4.69, 9.17) is 8.83 Å². The Morgan fingerprint density at radius 3 is 2.00 bits per heavy atom. The molecule has 2 aromatic rings. The Bertz CT molecular complexity index is 761. The zero-order valence-electron chi connectivity index (χ0n) is 14.9. The van der Waals surface area contributed by atoms with Crippen LogP contribution in [0.2, 0.25) is 0 Å². The van der Waals surface area contributed by atoms with Gasteiger partial charge in [-0.15, -0.1) is 0 Å². The van der Waals surface area contributed by atoms with Gasteiger partial charge in [-0.1, -0.05) is 13.8 Å². The van der Waals surface area contributed by atoms with Gasteiger partial charge in [0.25, 0.3) is 11.8 Å². The zero-order chi connectivity index (χ0) is 18.0. The molecule has 0 aromatic carbocycles. The fourth-order valence-electron chi connectivity index (χ4n) is 3.11. The summed E-state index contributed by atoms with van der Waals surface area (Å²) in [4.78, 5) is 28.7.